The number of hydrazone groups is 1. The largest absolute Gasteiger partial charge is 0.381 e. The summed E-state index contributed by atoms with van der Waals surface area (Å²) in [7, 11) is 1.95. The first-order valence-corrected chi connectivity index (χ1v) is 13.7. The molecule has 9 heteroatoms. The Labute approximate surface area is 211 Å². The van der Waals surface area contributed by atoms with E-state index in [4.69, 9.17) is 4.74 Å². The van der Waals surface area contributed by atoms with E-state index in [1.54, 1.807) is 11.8 Å². The lowest BCUT2D eigenvalue weighted by molar-refractivity contribution is -0.142. The molecule has 1 unspecified atom stereocenters. The summed E-state index contributed by atoms with van der Waals surface area (Å²) in [5.74, 6) is -0.844. The molecule has 2 N–H and O–H groups in total. The second-order valence-corrected chi connectivity index (χ2v) is 10.7. The van der Waals surface area contributed by atoms with Crippen molar-refractivity contribution in [3.63, 3.8) is 0 Å². The average Bonchev–Trinajstić information content (AvgIpc) is 3.25. The van der Waals surface area contributed by atoms with Gasteiger partial charge in [-0.05, 0) is 43.6 Å². The number of benzene rings is 1. The Morgan fingerprint density at radius 1 is 1.09 bits per heavy atom. The first-order valence-electron chi connectivity index (χ1n) is 12.7. The number of amidine groups is 1. The minimum absolute atomic E-state index is 0.0766. The minimum atomic E-state index is -0.840. The Kier molecular flexibility index (Phi) is 9.20. The molecule has 2 saturated heterocycles. The Bertz CT molecular complexity index is 913. The van der Waals surface area contributed by atoms with Gasteiger partial charge in [-0.15, -0.1) is 5.10 Å². The fourth-order valence-corrected chi connectivity index (χ4v) is 6.26. The number of hydrogen-bond donors (Lipinski definition) is 2. The topological polar surface area (TPSA) is 100 Å². The van der Waals surface area contributed by atoms with Crippen LogP contribution in [0.1, 0.15) is 50.5 Å². The first-order chi connectivity index (χ1) is 17.0. The molecule has 35 heavy (non-hydrogen) atoms. The van der Waals surface area contributed by atoms with Crippen molar-refractivity contribution in [3.05, 3.63) is 35.9 Å². The number of nitrogens with zero attached hydrogens (tertiary/aromatic N) is 2. The van der Waals surface area contributed by atoms with Crippen LogP contribution in [0.2, 0.25) is 0 Å². The van der Waals surface area contributed by atoms with Gasteiger partial charge in [0.15, 0.2) is 5.17 Å². The molecule has 0 bridgehead atoms. The summed E-state index contributed by atoms with van der Waals surface area (Å²) in [6, 6.07) is 9.69. The van der Waals surface area contributed by atoms with Crippen LogP contribution in [0, 0.1) is 11.8 Å². The molecule has 0 aromatic heterocycles. The van der Waals surface area contributed by atoms with Crippen molar-refractivity contribution in [3.8, 4) is 0 Å². The predicted octanol–water partition coefficient (Wildman–Crippen LogP) is 2.72. The van der Waals surface area contributed by atoms with E-state index < -0.39 is 17.7 Å². The Hall–Kier alpha value is -2.39. The minimum Gasteiger partial charge on any atom is -0.381 e. The molecule has 3 fully saturated rings. The van der Waals surface area contributed by atoms with Crippen LogP contribution < -0.4 is 10.7 Å². The zero-order valence-corrected chi connectivity index (χ0v) is 21.2. The number of likely N-dealkylation sites (N-methyl/N-ethyl adjacent to an activating group) is 1. The van der Waals surface area contributed by atoms with Crippen LogP contribution in [-0.2, 0) is 25.5 Å². The van der Waals surface area contributed by atoms with Gasteiger partial charge in [-0.3, -0.25) is 14.4 Å². The molecule has 0 radical (unpaired) electrons. The molecule has 8 nitrogen and oxygen atoms in total. The van der Waals surface area contributed by atoms with Gasteiger partial charge in [-0.2, -0.15) is 0 Å². The molecule has 2 heterocycles. The monoisotopic (exact) mass is 500 g/mol. The third kappa shape index (κ3) is 6.85. The average molecular weight is 501 g/mol. The van der Waals surface area contributed by atoms with Gasteiger partial charge in [0.1, 0.15) is 6.04 Å². The highest BCUT2D eigenvalue weighted by molar-refractivity contribution is 8.14. The summed E-state index contributed by atoms with van der Waals surface area (Å²) in [5, 5.41) is 7.88. The Morgan fingerprint density at radius 3 is 2.51 bits per heavy atom. The highest BCUT2D eigenvalue weighted by Crippen LogP contribution is 2.26. The van der Waals surface area contributed by atoms with Crippen molar-refractivity contribution in [1.29, 1.82) is 0 Å². The van der Waals surface area contributed by atoms with Crippen LogP contribution in [0.3, 0.4) is 0 Å². The fraction of sp³-hybridized carbons (Fsp3) is 0.615. The lowest BCUT2D eigenvalue weighted by Gasteiger charge is -2.31. The molecule has 2 atom stereocenters. The van der Waals surface area contributed by atoms with Crippen molar-refractivity contribution in [2.45, 2.75) is 63.5 Å². The Morgan fingerprint density at radius 2 is 1.80 bits per heavy atom. The van der Waals surface area contributed by atoms with Crippen LogP contribution in [0.15, 0.2) is 35.4 Å². The van der Waals surface area contributed by atoms with Crippen LogP contribution in [0.5, 0.6) is 0 Å². The maximum atomic E-state index is 13.2. The van der Waals surface area contributed by atoms with Crippen LogP contribution in [-0.4, -0.2) is 65.8 Å². The quantitative estimate of drug-likeness (QED) is 0.421. The van der Waals surface area contributed by atoms with Crippen LogP contribution >= 0.6 is 11.8 Å². The van der Waals surface area contributed by atoms with Gasteiger partial charge in [-0.1, -0.05) is 61.4 Å². The molecule has 1 saturated carbocycles. The number of carbonyl (C=O) groups excluding carboxylic acids is 3. The molecule has 0 spiro atoms. The van der Waals surface area contributed by atoms with Gasteiger partial charge in [0, 0.05) is 38.0 Å². The Balaban J connectivity index is 1.37. The molecule has 2 amide bonds. The molecular formula is C26H36N4O4S. The second-order valence-electron chi connectivity index (χ2n) is 9.74. The third-order valence-electron chi connectivity index (χ3n) is 7.34. The molecule has 190 valence electrons. The lowest BCUT2D eigenvalue weighted by atomic mass is 9.85. The number of rotatable bonds is 8. The lowest BCUT2D eigenvalue weighted by Crippen LogP contribution is -2.53. The van der Waals surface area contributed by atoms with E-state index in [1.807, 2.05) is 30.1 Å². The summed E-state index contributed by atoms with van der Waals surface area (Å²) in [5.41, 5.74) is 3.71. The maximum absolute atomic E-state index is 13.2. The van der Waals surface area contributed by atoms with Crippen molar-refractivity contribution in [2.24, 2.45) is 16.9 Å². The van der Waals surface area contributed by atoms with Crippen LogP contribution in [0.4, 0.5) is 0 Å². The van der Waals surface area contributed by atoms with Crippen molar-refractivity contribution >= 4 is 34.5 Å². The number of ether oxygens (including phenoxy) is 1. The molecule has 1 aliphatic carbocycles. The standard InChI is InChI=1S/C26H36N4O4S/c1-30-21(16-18-8-4-2-5-9-18)17-35-26(30)29-28-25(33)23(31)22(19-12-14-34-15-13-19)27-24(32)20-10-6-3-7-11-20/h2,4-5,8-9,19-22H,3,6-7,10-17H2,1H3,(H,27,32)(H,28,33)/b29-26-/t21-,22?/m1/s1. The van der Waals surface area contributed by atoms with E-state index in [0.717, 1.165) is 44.3 Å². The maximum Gasteiger partial charge on any atom is 0.309 e. The number of ketones is 1. The smallest absolute Gasteiger partial charge is 0.309 e. The molecule has 2 aliphatic heterocycles. The van der Waals surface area contributed by atoms with E-state index in [9.17, 15) is 14.4 Å². The number of nitrogens with one attached hydrogen (secondary N) is 2. The van der Waals surface area contributed by atoms with Gasteiger partial charge < -0.3 is 15.0 Å². The van der Waals surface area contributed by atoms with Gasteiger partial charge >= 0.3 is 5.91 Å². The number of thioether (sulfide) groups is 1. The molecule has 1 aromatic carbocycles. The summed E-state index contributed by atoms with van der Waals surface area (Å²) < 4.78 is 5.44. The highest BCUT2D eigenvalue weighted by atomic mass is 32.2. The van der Waals surface area contributed by atoms with Crippen molar-refractivity contribution in [2.75, 3.05) is 26.0 Å². The number of Topliss-reactive ketones (excluding diaryl/α,β-unsaturated/α-hetero) is 1. The SMILES string of the molecule is CN1/C(=N/NC(=O)C(=O)C(NC(=O)C2CCCCC2)C2CCOCC2)SC[C@H]1Cc1ccccc1. The third-order valence-corrected chi connectivity index (χ3v) is 8.53. The van der Waals surface area contributed by atoms with E-state index >= 15 is 0 Å². The molecule has 1 aromatic rings. The summed E-state index contributed by atoms with van der Waals surface area (Å²) >= 11 is 1.56. The zero-order valence-electron chi connectivity index (χ0n) is 20.4. The molecule has 4 rings (SSSR count). The van der Waals surface area contributed by atoms with E-state index in [2.05, 4.69) is 28.0 Å². The summed E-state index contributed by atoms with van der Waals surface area (Å²) in [6.07, 6.45) is 7.06. The molecular weight excluding hydrogens is 464 g/mol. The zero-order chi connectivity index (χ0) is 24.6. The van der Waals surface area contributed by atoms with Crippen LogP contribution in [0.25, 0.3) is 0 Å². The number of carbonyl (C=O) groups is 3. The summed E-state index contributed by atoms with van der Waals surface area (Å²) in [6.45, 7) is 1.06. The van der Waals surface area contributed by atoms with Gasteiger partial charge in [0.2, 0.25) is 11.7 Å². The van der Waals surface area contributed by atoms with Crippen molar-refractivity contribution in [1.82, 2.24) is 15.6 Å². The fourth-order valence-electron chi connectivity index (χ4n) is 5.11. The second kappa shape index (κ2) is 12.5. The molecule has 3 aliphatic rings. The summed E-state index contributed by atoms with van der Waals surface area (Å²) in [4.78, 5) is 41.0. The van der Waals surface area contributed by atoms with E-state index in [-0.39, 0.29) is 23.8 Å². The van der Waals surface area contributed by atoms with Gasteiger partial charge in [0.25, 0.3) is 0 Å². The number of hydrogen-bond acceptors (Lipinski definition) is 6. The van der Waals surface area contributed by atoms with Gasteiger partial charge in [-0.25, -0.2) is 5.43 Å². The number of amides is 2. The predicted molar refractivity (Wildman–Crippen MR) is 137 cm³/mol. The highest BCUT2D eigenvalue weighted by Gasteiger charge is 2.37. The normalized spacial score (nSPS) is 23.7. The van der Waals surface area contributed by atoms with Crippen molar-refractivity contribution < 1.29 is 19.1 Å². The van der Waals surface area contributed by atoms with E-state index in [0.29, 0.717) is 31.2 Å². The van der Waals surface area contributed by atoms with Gasteiger partial charge in [0.05, 0.1) is 0 Å². The first kappa shape index (κ1) is 25.7. The van der Waals surface area contributed by atoms with E-state index in [1.165, 1.54) is 5.56 Å².